The largest absolute Gasteiger partial charge is 0.493 e. The Morgan fingerprint density at radius 2 is 1.66 bits per heavy atom. The van der Waals surface area contributed by atoms with E-state index in [0.29, 0.717) is 60.1 Å². The lowest BCUT2D eigenvalue weighted by Gasteiger charge is -2.34. The van der Waals surface area contributed by atoms with Gasteiger partial charge in [-0.3, -0.25) is 29.7 Å². The number of imide groups is 1. The van der Waals surface area contributed by atoms with Gasteiger partial charge in [-0.15, -0.1) is 0 Å². The molecule has 2 saturated heterocycles. The minimum atomic E-state index is -0.975. The van der Waals surface area contributed by atoms with Crippen LogP contribution in [0, 0.1) is 13.8 Å². The van der Waals surface area contributed by atoms with Crippen molar-refractivity contribution in [2.75, 3.05) is 32.8 Å². The SMILES string of the molecule is Cc1nn(C)c(C)c1-c1c(Cl)ccc2c(CCCOc3cccc4ccccc34)c(C(=O)OC(C)(C)C)n(CCN3CCC(NC(O)COc4cccc5c4CN(C4CCC(=O)NC4=O)C5=O)CC3)c12. The number of aliphatic hydroxyl groups excluding tert-OH is 1. The summed E-state index contributed by atoms with van der Waals surface area (Å²) in [5, 5.41) is 25.2. The lowest BCUT2D eigenvalue weighted by Crippen LogP contribution is -2.52. The fraction of sp³-hybridized carbons (Fsp3) is 0.426. The maximum Gasteiger partial charge on any atom is 0.355 e. The van der Waals surface area contributed by atoms with Crippen molar-refractivity contribution < 1.29 is 38.5 Å². The molecule has 0 bridgehead atoms. The van der Waals surface area contributed by atoms with E-state index >= 15 is 0 Å². The number of aromatic nitrogens is 3. The van der Waals surface area contributed by atoms with Gasteiger partial charge in [0.05, 0.1) is 29.4 Å². The van der Waals surface area contributed by atoms with E-state index in [1.54, 1.807) is 18.2 Å². The van der Waals surface area contributed by atoms with Crippen LogP contribution in [0.1, 0.15) is 96.2 Å². The average Bonchev–Trinajstić information content (AvgIpc) is 3.92. The second kappa shape index (κ2) is 20.2. The molecule has 70 heavy (non-hydrogen) atoms. The van der Waals surface area contributed by atoms with Crippen LogP contribution in [0.25, 0.3) is 32.8 Å². The van der Waals surface area contributed by atoms with E-state index in [2.05, 4.69) is 38.3 Å². The summed E-state index contributed by atoms with van der Waals surface area (Å²) in [6, 6.07) is 22.7. The number of fused-ring (bicyclic) bond motifs is 3. The summed E-state index contributed by atoms with van der Waals surface area (Å²) in [7, 11) is 1.93. The van der Waals surface area contributed by atoms with Gasteiger partial charge >= 0.3 is 5.97 Å². The average molecular weight is 973 g/mol. The Balaban J connectivity index is 0.906. The number of likely N-dealkylation sites (tertiary alicyclic amines) is 1. The highest BCUT2D eigenvalue weighted by atomic mass is 35.5. The summed E-state index contributed by atoms with van der Waals surface area (Å²) in [5.74, 6) is -0.203. The van der Waals surface area contributed by atoms with Crippen LogP contribution >= 0.6 is 11.6 Å². The third kappa shape index (κ3) is 10.0. The number of carbonyl (C=O) groups excluding carboxylic acids is 4. The van der Waals surface area contributed by atoms with Crippen molar-refractivity contribution in [2.45, 2.75) is 110 Å². The summed E-state index contributed by atoms with van der Waals surface area (Å²) in [6.45, 7) is 12.9. The molecule has 6 aromatic rings. The first-order chi connectivity index (χ1) is 33.6. The summed E-state index contributed by atoms with van der Waals surface area (Å²) < 4.78 is 22.7. The molecule has 4 aromatic carbocycles. The van der Waals surface area contributed by atoms with Gasteiger partial charge in [0.15, 0.2) is 0 Å². The lowest BCUT2D eigenvalue weighted by molar-refractivity contribution is -0.136. The molecule has 5 heterocycles. The zero-order valence-corrected chi connectivity index (χ0v) is 41.5. The molecule has 3 aliphatic rings. The Morgan fingerprint density at radius 3 is 2.40 bits per heavy atom. The Kier molecular flexibility index (Phi) is 14.1. The predicted octanol–water partition coefficient (Wildman–Crippen LogP) is 7.64. The van der Waals surface area contributed by atoms with Crippen molar-refractivity contribution in [1.29, 1.82) is 0 Å². The molecule has 2 aromatic heterocycles. The highest BCUT2D eigenvalue weighted by Crippen LogP contribution is 2.43. The van der Waals surface area contributed by atoms with E-state index in [0.717, 1.165) is 81.4 Å². The molecule has 3 N–H and O–H groups in total. The Bertz CT molecular complexity index is 2980. The summed E-state index contributed by atoms with van der Waals surface area (Å²) in [6.07, 6.45) is 2.21. The second-order valence-electron chi connectivity index (χ2n) is 19.7. The number of aryl methyl sites for hydroxylation is 3. The number of rotatable bonds is 16. The maximum absolute atomic E-state index is 14.6. The zero-order valence-electron chi connectivity index (χ0n) is 40.8. The van der Waals surface area contributed by atoms with Crippen LogP contribution in [0.2, 0.25) is 5.02 Å². The number of hydrogen-bond donors (Lipinski definition) is 3. The van der Waals surface area contributed by atoms with Gasteiger partial charge in [-0.1, -0.05) is 60.1 Å². The Hall–Kier alpha value is -6.26. The van der Waals surface area contributed by atoms with Gasteiger partial charge in [0.2, 0.25) is 11.8 Å². The molecule has 15 nitrogen and oxygen atoms in total. The lowest BCUT2D eigenvalue weighted by atomic mass is 9.98. The van der Waals surface area contributed by atoms with Crippen molar-refractivity contribution in [3.05, 3.63) is 112 Å². The molecule has 2 fully saturated rings. The number of amides is 3. The number of aliphatic hydroxyl groups is 1. The van der Waals surface area contributed by atoms with Crippen molar-refractivity contribution in [3.8, 4) is 22.6 Å². The number of benzene rings is 4. The molecule has 16 heteroatoms. The number of halogens is 1. The fourth-order valence-corrected chi connectivity index (χ4v) is 10.6. The van der Waals surface area contributed by atoms with E-state index in [9.17, 15) is 24.3 Å². The van der Waals surface area contributed by atoms with E-state index in [1.165, 1.54) is 4.90 Å². The molecule has 0 spiro atoms. The number of piperidine rings is 2. The molecule has 2 atom stereocenters. The number of ether oxygens (including phenoxy) is 3. The smallest absolute Gasteiger partial charge is 0.355 e. The first kappa shape index (κ1) is 48.8. The van der Waals surface area contributed by atoms with Gasteiger partial charge in [0, 0.05) is 71.3 Å². The van der Waals surface area contributed by atoms with Crippen molar-refractivity contribution in [3.63, 3.8) is 0 Å². The van der Waals surface area contributed by atoms with Gasteiger partial charge < -0.3 is 33.7 Å². The van der Waals surface area contributed by atoms with Gasteiger partial charge in [0.25, 0.3) is 5.91 Å². The number of esters is 1. The highest BCUT2D eigenvalue weighted by Gasteiger charge is 2.40. The summed E-state index contributed by atoms with van der Waals surface area (Å²) in [4.78, 5) is 56.2. The van der Waals surface area contributed by atoms with Gasteiger partial charge in [-0.05, 0) is 115 Å². The molecule has 0 radical (unpaired) electrons. The van der Waals surface area contributed by atoms with Crippen LogP contribution in [0.5, 0.6) is 11.5 Å². The molecule has 368 valence electrons. The fourth-order valence-electron chi connectivity index (χ4n) is 10.4. The monoisotopic (exact) mass is 971 g/mol. The van der Waals surface area contributed by atoms with Crippen molar-refractivity contribution in [2.24, 2.45) is 7.05 Å². The molecule has 3 amide bonds. The van der Waals surface area contributed by atoms with Crippen LogP contribution in [0.4, 0.5) is 0 Å². The quantitative estimate of drug-likeness (QED) is 0.0377. The van der Waals surface area contributed by atoms with Crippen LogP contribution < -0.4 is 20.1 Å². The highest BCUT2D eigenvalue weighted by molar-refractivity contribution is 6.35. The third-order valence-corrected chi connectivity index (χ3v) is 14.1. The number of nitrogens with one attached hydrogen (secondary N) is 2. The molecule has 9 rings (SSSR count). The number of hydrogen-bond acceptors (Lipinski definition) is 11. The molecular weight excluding hydrogens is 910 g/mol. The second-order valence-corrected chi connectivity index (χ2v) is 20.1. The van der Waals surface area contributed by atoms with Crippen LogP contribution in [0.3, 0.4) is 0 Å². The van der Waals surface area contributed by atoms with Gasteiger partial charge in [-0.25, -0.2) is 4.79 Å². The van der Waals surface area contributed by atoms with E-state index < -0.39 is 29.7 Å². The van der Waals surface area contributed by atoms with E-state index in [4.69, 9.17) is 30.9 Å². The van der Waals surface area contributed by atoms with Gasteiger partial charge in [-0.2, -0.15) is 5.10 Å². The van der Waals surface area contributed by atoms with E-state index in [1.807, 2.05) is 82.7 Å². The summed E-state index contributed by atoms with van der Waals surface area (Å²) in [5.41, 5.74) is 6.20. The van der Waals surface area contributed by atoms with Crippen molar-refractivity contribution >= 4 is 57.0 Å². The Labute approximate surface area is 413 Å². The van der Waals surface area contributed by atoms with Crippen LogP contribution in [-0.2, 0) is 40.9 Å². The minimum Gasteiger partial charge on any atom is -0.493 e. The molecule has 0 aliphatic carbocycles. The standard InChI is InChI=1S/C54H62ClN7O8/c1-32-47(33(2)59(6)58-32)48-41(55)20-19-38-37(16-11-29-68-43-17-9-13-34-12-7-8-14-36(34)43)50(53(67)70-54(3,4)5)61(49(38)48)28-27-60-25-23-35(24-26-60)56-46(64)31-69-44-18-10-15-39-40(44)30-62(52(39)66)42-21-22-45(63)57-51(42)65/h7-10,12-15,17-20,35,42,46,56,64H,11,16,21-31H2,1-6H3,(H,57,63,65). The van der Waals surface area contributed by atoms with E-state index in [-0.39, 0.29) is 43.8 Å². The van der Waals surface area contributed by atoms with Crippen molar-refractivity contribution in [1.82, 2.24) is 34.8 Å². The molecule has 0 saturated carbocycles. The zero-order chi connectivity index (χ0) is 49.4. The summed E-state index contributed by atoms with van der Waals surface area (Å²) >= 11 is 7.22. The molecular formula is C54H62ClN7O8. The maximum atomic E-state index is 14.6. The molecule has 3 aliphatic heterocycles. The first-order valence-electron chi connectivity index (χ1n) is 24.3. The first-order valence-corrected chi connectivity index (χ1v) is 24.7. The Morgan fingerprint density at radius 1 is 0.914 bits per heavy atom. The third-order valence-electron chi connectivity index (χ3n) is 13.8. The number of carbonyl (C=O) groups is 4. The topological polar surface area (TPSA) is 169 Å². The molecule has 2 unspecified atom stereocenters. The number of nitrogens with zero attached hydrogens (tertiary/aromatic N) is 5. The van der Waals surface area contributed by atoms with Crippen LogP contribution in [0.15, 0.2) is 72.8 Å². The predicted molar refractivity (Wildman–Crippen MR) is 268 cm³/mol. The van der Waals surface area contributed by atoms with Gasteiger partial charge in [0.1, 0.15) is 41.7 Å². The van der Waals surface area contributed by atoms with Crippen LogP contribution in [-0.4, -0.2) is 110 Å². The normalized spacial score (nSPS) is 17.3. The minimum absolute atomic E-state index is 0.0234.